The molecule has 0 spiro atoms. The zero-order valence-corrected chi connectivity index (χ0v) is 19.9. The number of halogens is 1. The van der Waals surface area contributed by atoms with Crippen molar-refractivity contribution < 1.29 is 24.2 Å². The monoisotopic (exact) mass is 539 g/mol. The van der Waals surface area contributed by atoms with Crippen molar-refractivity contribution in [2.75, 3.05) is 19.8 Å². The highest BCUT2D eigenvalue weighted by molar-refractivity contribution is 14.1. The number of ether oxygens (including phenoxy) is 2. The molecule has 0 saturated carbocycles. The van der Waals surface area contributed by atoms with Gasteiger partial charge in [0.25, 0.3) is 11.1 Å². The Balaban J connectivity index is 1.71. The van der Waals surface area contributed by atoms with E-state index in [0.29, 0.717) is 26.4 Å². The number of aryl methyl sites for hydroxylation is 2. The van der Waals surface area contributed by atoms with Crippen LogP contribution in [0.4, 0.5) is 4.79 Å². The van der Waals surface area contributed by atoms with Crippen LogP contribution in [0.2, 0.25) is 0 Å². The smallest absolute Gasteiger partial charge is 0.293 e. The van der Waals surface area contributed by atoms with Crippen molar-refractivity contribution in [3.8, 4) is 17.2 Å². The van der Waals surface area contributed by atoms with E-state index in [0.717, 1.165) is 28.6 Å². The second-order valence-corrected chi connectivity index (χ2v) is 8.89. The molecule has 6 nitrogen and oxygen atoms in total. The van der Waals surface area contributed by atoms with Gasteiger partial charge < -0.3 is 14.6 Å². The predicted molar refractivity (Wildman–Crippen MR) is 126 cm³/mol. The molecule has 0 atom stereocenters. The maximum absolute atomic E-state index is 12.7. The maximum Gasteiger partial charge on any atom is 0.293 e. The number of thioether (sulfide) groups is 1. The molecule has 0 radical (unpaired) electrons. The largest absolute Gasteiger partial charge is 0.504 e. The number of carbonyl (C=O) groups excluding carboxylic acids is 2. The lowest BCUT2D eigenvalue weighted by atomic mass is 10.1. The van der Waals surface area contributed by atoms with Crippen LogP contribution in [0.5, 0.6) is 17.2 Å². The number of amides is 2. The lowest BCUT2D eigenvalue weighted by Gasteiger charge is -2.14. The van der Waals surface area contributed by atoms with Crippen molar-refractivity contribution in [1.82, 2.24) is 4.90 Å². The van der Waals surface area contributed by atoms with E-state index in [4.69, 9.17) is 9.47 Å². The Morgan fingerprint density at radius 2 is 1.90 bits per heavy atom. The van der Waals surface area contributed by atoms with E-state index >= 15 is 0 Å². The maximum atomic E-state index is 12.7. The first-order valence-corrected chi connectivity index (χ1v) is 11.3. The van der Waals surface area contributed by atoms with Crippen molar-refractivity contribution in [3.05, 3.63) is 55.5 Å². The number of benzene rings is 2. The first kappa shape index (κ1) is 22.5. The third kappa shape index (κ3) is 5.10. The SMILES string of the molecule is CCOc1cc(/C=C2\SC(=O)N(CCOc3cc(C)ccc3C)C2=O)cc(I)c1O. The number of phenols is 1. The molecule has 0 aliphatic carbocycles. The summed E-state index contributed by atoms with van der Waals surface area (Å²) in [7, 11) is 0. The molecule has 1 fully saturated rings. The fraction of sp³-hybridized carbons (Fsp3) is 0.273. The summed E-state index contributed by atoms with van der Waals surface area (Å²) in [6.45, 7) is 6.56. The van der Waals surface area contributed by atoms with Crippen molar-refractivity contribution in [3.63, 3.8) is 0 Å². The van der Waals surface area contributed by atoms with Gasteiger partial charge in [0, 0.05) is 0 Å². The number of nitrogens with zero attached hydrogens (tertiary/aromatic N) is 1. The molecule has 2 amide bonds. The number of hydrogen-bond acceptors (Lipinski definition) is 6. The summed E-state index contributed by atoms with van der Waals surface area (Å²) in [6.07, 6.45) is 1.64. The van der Waals surface area contributed by atoms with E-state index in [2.05, 4.69) is 0 Å². The van der Waals surface area contributed by atoms with E-state index in [9.17, 15) is 14.7 Å². The van der Waals surface area contributed by atoms with Gasteiger partial charge in [0.15, 0.2) is 11.5 Å². The average molecular weight is 539 g/mol. The Hall–Kier alpha value is -2.20. The van der Waals surface area contributed by atoms with Gasteiger partial charge in [-0.3, -0.25) is 14.5 Å². The van der Waals surface area contributed by atoms with Gasteiger partial charge in [-0.2, -0.15) is 0 Å². The van der Waals surface area contributed by atoms with Crippen LogP contribution in [0.15, 0.2) is 35.2 Å². The molecule has 8 heteroatoms. The summed E-state index contributed by atoms with van der Waals surface area (Å²) in [5.41, 5.74) is 2.76. The Morgan fingerprint density at radius 3 is 2.63 bits per heavy atom. The average Bonchev–Trinajstić information content (AvgIpc) is 2.96. The Labute approximate surface area is 193 Å². The lowest BCUT2D eigenvalue weighted by molar-refractivity contribution is -0.123. The minimum atomic E-state index is -0.351. The molecule has 1 saturated heterocycles. The second-order valence-electron chi connectivity index (χ2n) is 6.73. The topological polar surface area (TPSA) is 76.1 Å². The highest BCUT2D eigenvalue weighted by Gasteiger charge is 2.34. The summed E-state index contributed by atoms with van der Waals surface area (Å²) < 4.78 is 11.8. The Morgan fingerprint density at radius 1 is 1.13 bits per heavy atom. The van der Waals surface area contributed by atoms with Gasteiger partial charge in [0.05, 0.1) is 21.6 Å². The summed E-state index contributed by atoms with van der Waals surface area (Å²) in [5.74, 6) is 0.804. The van der Waals surface area contributed by atoms with Gasteiger partial charge in [-0.1, -0.05) is 12.1 Å². The van der Waals surface area contributed by atoms with Crippen molar-refractivity contribution in [2.24, 2.45) is 0 Å². The molecule has 2 aromatic rings. The number of hydrogen-bond donors (Lipinski definition) is 1. The van der Waals surface area contributed by atoms with Crippen LogP contribution >= 0.6 is 34.4 Å². The Kier molecular flexibility index (Phi) is 7.30. The van der Waals surface area contributed by atoms with Crippen LogP contribution in [0.3, 0.4) is 0 Å². The van der Waals surface area contributed by atoms with Gasteiger partial charge in [-0.05, 0) is 96.1 Å². The van der Waals surface area contributed by atoms with Gasteiger partial charge >= 0.3 is 0 Å². The van der Waals surface area contributed by atoms with Gasteiger partial charge in [-0.25, -0.2) is 0 Å². The second kappa shape index (κ2) is 9.74. The summed E-state index contributed by atoms with van der Waals surface area (Å²) >= 11 is 2.89. The van der Waals surface area contributed by atoms with Gasteiger partial charge in [0.1, 0.15) is 12.4 Å². The van der Waals surface area contributed by atoms with Crippen LogP contribution in [-0.2, 0) is 4.79 Å². The summed E-state index contributed by atoms with van der Waals surface area (Å²) in [4.78, 5) is 26.6. The van der Waals surface area contributed by atoms with Crippen molar-refractivity contribution in [1.29, 1.82) is 0 Å². The molecule has 0 aromatic heterocycles. The summed E-state index contributed by atoms with van der Waals surface area (Å²) in [5, 5.41) is 9.75. The molecule has 30 heavy (non-hydrogen) atoms. The first-order chi connectivity index (χ1) is 14.3. The molecule has 0 unspecified atom stereocenters. The number of imide groups is 1. The molecular weight excluding hydrogens is 517 g/mol. The van der Waals surface area contributed by atoms with Gasteiger partial charge in [0.2, 0.25) is 0 Å². The zero-order chi connectivity index (χ0) is 21.8. The molecule has 1 N–H and O–H groups in total. The Bertz CT molecular complexity index is 1020. The minimum absolute atomic E-state index is 0.0614. The van der Waals surface area contributed by atoms with Gasteiger partial charge in [-0.15, -0.1) is 0 Å². The standard InChI is InChI=1S/C22H22INO5S/c1-4-28-18-11-15(10-16(23)20(18)25)12-19-21(26)24(22(27)30-19)7-8-29-17-9-13(2)5-6-14(17)3/h5-6,9-12,25H,4,7-8H2,1-3H3/b19-12-. The third-order valence-electron chi connectivity index (χ3n) is 4.44. The third-order valence-corrected chi connectivity index (χ3v) is 6.17. The molecule has 3 rings (SSSR count). The lowest BCUT2D eigenvalue weighted by Crippen LogP contribution is -2.32. The number of rotatable bonds is 7. The van der Waals surface area contributed by atoms with Crippen LogP contribution in [0, 0.1) is 17.4 Å². The molecule has 1 aliphatic rings. The zero-order valence-electron chi connectivity index (χ0n) is 16.9. The number of aromatic hydroxyl groups is 1. The van der Waals surface area contributed by atoms with Crippen LogP contribution in [-0.4, -0.2) is 40.9 Å². The van der Waals surface area contributed by atoms with Crippen molar-refractivity contribution in [2.45, 2.75) is 20.8 Å². The van der Waals surface area contributed by atoms with E-state index in [1.54, 1.807) is 18.2 Å². The van der Waals surface area contributed by atoms with E-state index in [1.165, 1.54) is 4.90 Å². The number of carbonyl (C=O) groups is 2. The van der Waals surface area contributed by atoms with E-state index in [-0.39, 0.29) is 30.0 Å². The summed E-state index contributed by atoms with van der Waals surface area (Å²) in [6, 6.07) is 9.30. The van der Waals surface area contributed by atoms with Crippen LogP contribution in [0.1, 0.15) is 23.6 Å². The fourth-order valence-electron chi connectivity index (χ4n) is 2.90. The molecular formula is C22H22INO5S. The van der Waals surface area contributed by atoms with Crippen LogP contribution < -0.4 is 9.47 Å². The molecule has 0 bridgehead atoms. The molecule has 158 valence electrons. The normalized spacial score (nSPS) is 15.2. The molecule has 1 heterocycles. The molecule has 2 aromatic carbocycles. The first-order valence-electron chi connectivity index (χ1n) is 9.41. The fourth-order valence-corrected chi connectivity index (χ4v) is 4.39. The quantitative estimate of drug-likeness (QED) is 0.389. The van der Waals surface area contributed by atoms with Crippen molar-refractivity contribution >= 4 is 51.6 Å². The number of phenolic OH excluding ortho intramolecular Hbond substituents is 1. The molecule has 1 aliphatic heterocycles. The minimum Gasteiger partial charge on any atom is -0.504 e. The van der Waals surface area contributed by atoms with E-state index in [1.807, 2.05) is 61.6 Å². The predicted octanol–water partition coefficient (Wildman–Crippen LogP) is 5.13. The van der Waals surface area contributed by atoms with E-state index < -0.39 is 0 Å². The van der Waals surface area contributed by atoms with Crippen LogP contribution in [0.25, 0.3) is 6.08 Å². The highest BCUT2D eigenvalue weighted by Crippen LogP contribution is 2.36. The highest BCUT2D eigenvalue weighted by atomic mass is 127.